The average Bonchev–Trinajstić information content (AvgIpc) is 3.03. The first-order valence-electron chi connectivity index (χ1n) is 9.26. The molecule has 0 saturated heterocycles. The van der Waals surface area contributed by atoms with Crippen LogP contribution in [-0.2, 0) is 4.79 Å². The van der Waals surface area contributed by atoms with E-state index in [0.29, 0.717) is 0 Å². The highest BCUT2D eigenvalue weighted by Gasteiger charge is 2.29. The molecule has 0 radical (unpaired) electrons. The molecule has 1 amide bonds. The third kappa shape index (κ3) is 4.95. The maximum absolute atomic E-state index is 12.9. The fourth-order valence-corrected chi connectivity index (χ4v) is 4.18. The number of carbonyl (C=O) groups excluding carboxylic acids is 1. The fourth-order valence-electron chi connectivity index (χ4n) is 2.93. The molecule has 0 aliphatic carbocycles. The Morgan fingerprint density at radius 2 is 1.85 bits per heavy atom. The highest BCUT2D eigenvalue weighted by Crippen LogP contribution is 2.41. The van der Waals surface area contributed by atoms with Crippen molar-refractivity contribution in [1.29, 1.82) is 0 Å². The predicted molar refractivity (Wildman–Crippen MR) is 112 cm³/mol. The van der Waals surface area contributed by atoms with Gasteiger partial charge in [-0.2, -0.15) is 0 Å². The molecular weight excluding hydrogens is 344 g/mol. The van der Waals surface area contributed by atoms with Gasteiger partial charge in [0.25, 0.3) is 5.91 Å². The maximum atomic E-state index is 12.9. The molecule has 0 fully saturated rings. The molecule has 1 aliphatic heterocycles. The number of thioether (sulfide) groups is 1. The lowest BCUT2D eigenvalue weighted by Crippen LogP contribution is -2.36. The lowest BCUT2D eigenvalue weighted by atomic mass is 10.2. The number of nitrogens with zero attached hydrogens (tertiary/aromatic N) is 3. The van der Waals surface area contributed by atoms with Crippen LogP contribution in [0.3, 0.4) is 0 Å². The zero-order chi connectivity index (χ0) is 19.3. The van der Waals surface area contributed by atoms with Gasteiger partial charge in [0, 0.05) is 45.6 Å². The topological polar surface area (TPSA) is 38.8 Å². The van der Waals surface area contributed by atoms with Crippen LogP contribution in [0, 0.1) is 0 Å². The van der Waals surface area contributed by atoms with Crippen molar-refractivity contribution in [1.82, 2.24) is 15.1 Å². The van der Waals surface area contributed by atoms with Crippen LogP contribution >= 0.6 is 11.8 Å². The van der Waals surface area contributed by atoms with Gasteiger partial charge in [0.2, 0.25) is 0 Å². The van der Waals surface area contributed by atoms with Crippen molar-refractivity contribution in [3.05, 3.63) is 40.4 Å². The summed E-state index contributed by atoms with van der Waals surface area (Å²) in [7, 11) is 5.97. The lowest BCUT2D eigenvalue weighted by molar-refractivity contribution is -0.125. The maximum Gasteiger partial charge on any atom is 0.261 e. The highest BCUT2D eigenvalue weighted by atomic mass is 32.2. The SMILES string of the molecule is CCN(CC)CCN(C)C(=O)C1=C(C)NC(c2cccc(N(C)C)c2)S1. The first-order chi connectivity index (χ1) is 12.4. The quantitative estimate of drug-likeness (QED) is 0.755. The Labute approximate surface area is 162 Å². The lowest BCUT2D eigenvalue weighted by Gasteiger charge is -2.23. The van der Waals surface area contributed by atoms with Gasteiger partial charge in [-0.15, -0.1) is 0 Å². The van der Waals surface area contributed by atoms with Gasteiger partial charge in [0.05, 0.1) is 4.91 Å². The van der Waals surface area contributed by atoms with E-state index in [1.165, 1.54) is 11.3 Å². The van der Waals surface area contributed by atoms with Gasteiger partial charge < -0.3 is 20.0 Å². The summed E-state index contributed by atoms with van der Waals surface area (Å²) < 4.78 is 0. The molecule has 1 aromatic rings. The number of amides is 1. The van der Waals surface area contributed by atoms with Gasteiger partial charge in [-0.1, -0.05) is 37.7 Å². The molecule has 5 nitrogen and oxygen atoms in total. The molecule has 6 heteroatoms. The number of nitrogens with one attached hydrogen (secondary N) is 1. The summed E-state index contributed by atoms with van der Waals surface area (Å²) in [4.78, 5) is 20.0. The Bertz CT molecular complexity index is 655. The average molecular weight is 377 g/mol. The summed E-state index contributed by atoms with van der Waals surface area (Å²) in [5, 5.41) is 3.56. The van der Waals surface area contributed by atoms with E-state index in [9.17, 15) is 4.79 Å². The summed E-state index contributed by atoms with van der Waals surface area (Å²) in [5.41, 5.74) is 3.32. The van der Waals surface area contributed by atoms with Crippen LogP contribution in [0.1, 0.15) is 31.7 Å². The van der Waals surface area contributed by atoms with Crippen LogP contribution in [0.2, 0.25) is 0 Å². The van der Waals surface area contributed by atoms with Gasteiger partial charge in [0.1, 0.15) is 5.37 Å². The van der Waals surface area contributed by atoms with Gasteiger partial charge in [-0.05, 0) is 37.7 Å². The normalized spacial score (nSPS) is 16.8. The monoisotopic (exact) mass is 376 g/mol. The predicted octanol–water partition coefficient (Wildman–Crippen LogP) is 3.12. The molecule has 1 aliphatic rings. The van der Waals surface area contributed by atoms with Crippen LogP contribution in [0.15, 0.2) is 34.9 Å². The zero-order valence-electron chi connectivity index (χ0n) is 16.9. The molecular formula is C20H32N4OS. The number of benzene rings is 1. The summed E-state index contributed by atoms with van der Waals surface area (Å²) >= 11 is 1.62. The number of likely N-dealkylation sites (N-methyl/N-ethyl adjacent to an activating group) is 2. The van der Waals surface area contributed by atoms with Crippen molar-refractivity contribution in [2.45, 2.75) is 26.1 Å². The van der Waals surface area contributed by atoms with E-state index in [1.807, 2.05) is 33.0 Å². The van der Waals surface area contributed by atoms with E-state index in [1.54, 1.807) is 11.8 Å². The standard InChI is InChI=1S/C20H32N4OS/c1-7-24(8-2)13-12-23(6)20(25)18-15(3)21-19(26-18)16-10-9-11-17(14-16)22(4)5/h9-11,14,19,21H,7-8,12-13H2,1-6H3. The molecule has 1 heterocycles. The van der Waals surface area contributed by atoms with E-state index in [2.05, 4.69) is 53.2 Å². The van der Waals surface area contributed by atoms with Crippen LogP contribution < -0.4 is 10.2 Å². The Morgan fingerprint density at radius 3 is 2.46 bits per heavy atom. The number of hydrogen-bond acceptors (Lipinski definition) is 5. The van der Waals surface area contributed by atoms with Gasteiger partial charge in [-0.3, -0.25) is 4.79 Å². The second-order valence-electron chi connectivity index (χ2n) is 6.84. The van der Waals surface area contributed by atoms with Crippen molar-refractivity contribution < 1.29 is 4.79 Å². The minimum Gasteiger partial charge on any atom is -0.378 e. The van der Waals surface area contributed by atoms with Gasteiger partial charge in [0.15, 0.2) is 0 Å². The first kappa shape index (κ1) is 20.6. The van der Waals surface area contributed by atoms with Crippen LogP contribution in [-0.4, -0.2) is 63.0 Å². The smallest absolute Gasteiger partial charge is 0.261 e. The number of anilines is 1. The number of hydrogen-bond donors (Lipinski definition) is 1. The number of rotatable bonds is 8. The van der Waals surface area contributed by atoms with E-state index in [-0.39, 0.29) is 11.3 Å². The minimum absolute atomic E-state index is 0.0880. The van der Waals surface area contributed by atoms with E-state index in [4.69, 9.17) is 0 Å². The third-order valence-electron chi connectivity index (χ3n) is 4.80. The molecule has 2 rings (SSSR count). The zero-order valence-corrected chi connectivity index (χ0v) is 17.7. The Hall–Kier alpha value is -1.66. The van der Waals surface area contributed by atoms with E-state index in [0.717, 1.165) is 36.8 Å². The summed E-state index contributed by atoms with van der Waals surface area (Å²) in [5.74, 6) is 0.110. The second kappa shape index (κ2) is 9.33. The van der Waals surface area contributed by atoms with Crippen LogP contribution in [0.5, 0.6) is 0 Å². The van der Waals surface area contributed by atoms with E-state index < -0.39 is 0 Å². The largest absolute Gasteiger partial charge is 0.378 e. The Morgan fingerprint density at radius 1 is 1.15 bits per heavy atom. The van der Waals surface area contributed by atoms with Crippen molar-refractivity contribution in [2.24, 2.45) is 0 Å². The van der Waals surface area contributed by atoms with Crippen molar-refractivity contribution >= 4 is 23.4 Å². The third-order valence-corrected chi connectivity index (χ3v) is 6.14. The summed E-state index contributed by atoms with van der Waals surface area (Å²) in [6.07, 6.45) is 0. The molecule has 0 aromatic heterocycles. The van der Waals surface area contributed by atoms with Crippen molar-refractivity contribution in [3.8, 4) is 0 Å². The number of carbonyl (C=O) groups is 1. The molecule has 1 atom stereocenters. The Kier molecular flexibility index (Phi) is 7.41. The van der Waals surface area contributed by atoms with Crippen molar-refractivity contribution in [3.63, 3.8) is 0 Å². The van der Waals surface area contributed by atoms with Crippen LogP contribution in [0.4, 0.5) is 5.69 Å². The molecule has 1 aromatic carbocycles. The molecule has 0 bridgehead atoms. The second-order valence-corrected chi connectivity index (χ2v) is 7.95. The fraction of sp³-hybridized carbons (Fsp3) is 0.550. The molecule has 26 heavy (non-hydrogen) atoms. The Balaban J connectivity index is 2.01. The summed E-state index contributed by atoms with van der Waals surface area (Å²) in [6.45, 7) is 9.99. The molecule has 144 valence electrons. The summed E-state index contributed by atoms with van der Waals surface area (Å²) in [6, 6.07) is 8.45. The first-order valence-corrected chi connectivity index (χ1v) is 10.1. The van der Waals surface area contributed by atoms with Gasteiger partial charge >= 0.3 is 0 Å². The minimum atomic E-state index is 0.0880. The molecule has 1 N–H and O–H groups in total. The van der Waals surface area contributed by atoms with E-state index >= 15 is 0 Å². The molecule has 1 unspecified atom stereocenters. The molecule has 0 saturated carbocycles. The van der Waals surface area contributed by atoms with Crippen molar-refractivity contribution in [2.75, 3.05) is 52.2 Å². The molecule has 0 spiro atoms. The van der Waals surface area contributed by atoms with Crippen LogP contribution in [0.25, 0.3) is 0 Å². The van der Waals surface area contributed by atoms with Gasteiger partial charge in [-0.25, -0.2) is 0 Å². The number of allylic oxidation sites excluding steroid dienone is 1. The highest BCUT2D eigenvalue weighted by molar-refractivity contribution is 8.04.